The first-order valence-electron chi connectivity index (χ1n) is 9.99. The van der Waals surface area contributed by atoms with Crippen LogP contribution in [0.4, 0.5) is 5.69 Å². The SMILES string of the molecule is COc1cc(Cl)c(C)cc1NC(=O)CN1CCN(Cc2ccc3c(c2)OCO3)CC1. The van der Waals surface area contributed by atoms with Gasteiger partial charge in [0.15, 0.2) is 11.5 Å². The number of benzene rings is 2. The van der Waals surface area contributed by atoms with Crippen LogP contribution >= 0.6 is 11.6 Å². The Kier molecular flexibility index (Phi) is 6.32. The van der Waals surface area contributed by atoms with E-state index in [-0.39, 0.29) is 5.91 Å². The summed E-state index contributed by atoms with van der Waals surface area (Å²) in [7, 11) is 1.57. The number of halogens is 1. The lowest BCUT2D eigenvalue weighted by molar-refractivity contribution is -0.117. The fourth-order valence-corrected chi connectivity index (χ4v) is 3.88. The molecule has 4 rings (SSSR count). The zero-order chi connectivity index (χ0) is 21.1. The van der Waals surface area contributed by atoms with Gasteiger partial charge in [-0.15, -0.1) is 0 Å². The second kappa shape index (κ2) is 9.12. The van der Waals surface area contributed by atoms with Crippen LogP contribution in [0.25, 0.3) is 0 Å². The summed E-state index contributed by atoms with van der Waals surface area (Å²) in [6.45, 7) is 6.90. The van der Waals surface area contributed by atoms with E-state index in [0.29, 0.717) is 29.8 Å². The highest BCUT2D eigenvalue weighted by Crippen LogP contribution is 2.33. The first kappa shape index (κ1) is 20.8. The second-order valence-corrected chi connectivity index (χ2v) is 8.00. The van der Waals surface area contributed by atoms with Gasteiger partial charge in [0.1, 0.15) is 5.75 Å². The monoisotopic (exact) mass is 431 g/mol. The van der Waals surface area contributed by atoms with Crippen molar-refractivity contribution in [1.29, 1.82) is 0 Å². The molecule has 1 N–H and O–H groups in total. The normalized spacial score (nSPS) is 16.5. The molecule has 0 atom stereocenters. The fourth-order valence-electron chi connectivity index (χ4n) is 3.73. The minimum atomic E-state index is -0.0563. The number of anilines is 1. The lowest BCUT2D eigenvalue weighted by Crippen LogP contribution is -2.48. The van der Waals surface area contributed by atoms with Crippen molar-refractivity contribution in [1.82, 2.24) is 9.80 Å². The van der Waals surface area contributed by atoms with Crippen LogP contribution in [0.5, 0.6) is 17.2 Å². The first-order chi connectivity index (χ1) is 14.5. The zero-order valence-corrected chi connectivity index (χ0v) is 18.0. The molecular weight excluding hydrogens is 406 g/mol. The zero-order valence-electron chi connectivity index (χ0n) is 17.2. The Bertz CT molecular complexity index is 929. The van der Waals surface area contributed by atoms with E-state index in [1.54, 1.807) is 13.2 Å². The first-order valence-corrected chi connectivity index (χ1v) is 10.4. The number of amides is 1. The number of ether oxygens (including phenoxy) is 3. The molecule has 0 radical (unpaired) electrons. The topological polar surface area (TPSA) is 63.3 Å². The number of methoxy groups -OCH3 is 1. The quantitative estimate of drug-likeness (QED) is 0.758. The van der Waals surface area contributed by atoms with Gasteiger partial charge in [0.2, 0.25) is 12.7 Å². The molecule has 0 bridgehead atoms. The average molecular weight is 432 g/mol. The molecule has 1 amide bonds. The molecule has 1 saturated heterocycles. The third-order valence-corrected chi connectivity index (χ3v) is 5.84. The highest BCUT2D eigenvalue weighted by molar-refractivity contribution is 6.31. The summed E-state index contributed by atoms with van der Waals surface area (Å²) in [4.78, 5) is 17.1. The summed E-state index contributed by atoms with van der Waals surface area (Å²) in [6.07, 6.45) is 0. The van der Waals surface area contributed by atoms with Crippen molar-refractivity contribution in [2.45, 2.75) is 13.5 Å². The molecule has 0 aromatic heterocycles. The Hall–Kier alpha value is -2.48. The van der Waals surface area contributed by atoms with Crippen molar-refractivity contribution in [3.05, 3.63) is 46.5 Å². The van der Waals surface area contributed by atoms with E-state index < -0.39 is 0 Å². The number of rotatable bonds is 6. The number of nitrogens with one attached hydrogen (secondary N) is 1. The van der Waals surface area contributed by atoms with Gasteiger partial charge in [0.25, 0.3) is 0 Å². The summed E-state index contributed by atoms with van der Waals surface area (Å²) in [5.41, 5.74) is 2.74. The highest BCUT2D eigenvalue weighted by Gasteiger charge is 2.21. The van der Waals surface area contributed by atoms with Gasteiger partial charge in [0, 0.05) is 43.8 Å². The molecule has 7 nitrogen and oxygen atoms in total. The number of fused-ring (bicyclic) bond motifs is 1. The molecule has 0 aliphatic carbocycles. The minimum Gasteiger partial charge on any atom is -0.495 e. The Labute approximate surface area is 181 Å². The van der Waals surface area contributed by atoms with Crippen molar-refractivity contribution < 1.29 is 19.0 Å². The summed E-state index contributed by atoms with van der Waals surface area (Å²) in [5.74, 6) is 2.13. The number of piperazine rings is 1. The van der Waals surface area contributed by atoms with E-state index >= 15 is 0 Å². The molecule has 0 unspecified atom stereocenters. The molecule has 30 heavy (non-hydrogen) atoms. The number of carbonyl (C=O) groups is 1. The van der Waals surface area contributed by atoms with Gasteiger partial charge in [-0.3, -0.25) is 14.6 Å². The number of carbonyl (C=O) groups excluding carboxylic acids is 1. The van der Waals surface area contributed by atoms with Gasteiger partial charge in [0.05, 0.1) is 19.3 Å². The number of hydrogen-bond acceptors (Lipinski definition) is 6. The molecule has 2 aliphatic heterocycles. The van der Waals surface area contributed by atoms with Crippen LogP contribution < -0.4 is 19.5 Å². The van der Waals surface area contributed by atoms with Gasteiger partial charge < -0.3 is 19.5 Å². The predicted octanol–water partition coefficient (Wildman–Crippen LogP) is 3.14. The van der Waals surface area contributed by atoms with Gasteiger partial charge in [-0.2, -0.15) is 0 Å². The van der Waals surface area contributed by atoms with Gasteiger partial charge in [-0.05, 0) is 36.2 Å². The van der Waals surface area contributed by atoms with Crippen molar-refractivity contribution in [3.8, 4) is 17.2 Å². The van der Waals surface area contributed by atoms with E-state index in [4.69, 9.17) is 25.8 Å². The van der Waals surface area contributed by atoms with Crippen LogP contribution in [0.3, 0.4) is 0 Å². The second-order valence-electron chi connectivity index (χ2n) is 7.59. The summed E-state index contributed by atoms with van der Waals surface area (Å²) >= 11 is 6.14. The van der Waals surface area contributed by atoms with Crippen LogP contribution in [-0.2, 0) is 11.3 Å². The summed E-state index contributed by atoms with van der Waals surface area (Å²) < 4.78 is 16.2. The Morgan fingerprint density at radius 1 is 1.10 bits per heavy atom. The predicted molar refractivity (Wildman–Crippen MR) is 116 cm³/mol. The lowest BCUT2D eigenvalue weighted by Gasteiger charge is -2.34. The maximum Gasteiger partial charge on any atom is 0.238 e. The van der Waals surface area contributed by atoms with Gasteiger partial charge >= 0.3 is 0 Å². The number of hydrogen-bond donors (Lipinski definition) is 1. The van der Waals surface area contributed by atoms with Crippen molar-refractivity contribution in [2.75, 3.05) is 51.9 Å². The molecule has 1 fully saturated rings. The molecule has 160 valence electrons. The van der Waals surface area contributed by atoms with Crippen LogP contribution in [0.1, 0.15) is 11.1 Å². The van der Waals surface area contributed by atoms with Crippen molar-refractivity contribution >= 4 is 23.2 Å². The van der Waals surface area contributed by atoms with E-state index in [1.807, 2.05) is 25.1 Å². The van der Waals surface area contributed by atoms with Crippen molar-refractivity contribution in [3.63, 3.8) is 0 Å². The maximum absolute atomic E-state index is 12.5. The number of nitrogens with zero attached hydrogens (tertiary/aromatic N) is 2. The third-order valence-electron chi connectivity index (χ3n) is 5.43. The minimum absolute atomic E-state index is 0.0563. The van der Waals surface area contributed by atoms with Crippen LogP contribution in [0.15, 0.2) is 30.3 Å². The van der Waals surface area contributed by atoms with Crippen LogP contribution in [-0.4, -0.2) is 62.3 Å². The molecular formula is C22H26ClN3O4. The lowest BCUT2D eigenvalue weighted by atomic mass is 10.1. The summed E-state index contributed by atoms with van der Waals surface area (Å²) in [5, 5.41) is 3.56. The standard InChI is InChI=1S/C22H26ClN3O4/c1-15-9-18(20(28-2)11-17(15)23)24-22(27)13-26-7-5-25(6-8-26)12-16-3-4-19-21(10-16)30-14-29-19/h3-4,9-11H,5-8,12-14H2,1-2H3,(H,24,27). The fraction of sp³-hybridized carbons (Fsp3) is 0.409. The Morgan fingerprint density at radius 2 is 1.83 bits per heavy atom. The summed E-state index contributed by atoms with van der Waals surface area (Å²) in [6, 6.07) is 9.65. The molecule has 0 spiro atoms. The maximum atomic E-state index is 12.5. The average Bonchev–Trinajstić information content (AvgIpc) is 3.20. The van der Waals surface area contributed by atoms with Gasteiger partial charge in [-0.25, -0.2) is 0 Å². The van der Waals surface area contributed by atoms with E-state index in [2.05, 4.69) is 21.2 Å². The van der Waals surface area contributed by atoms with Crippen molar-refractivity contribution in [2.24, 2.45) is 0 Å². The molecule has 0 saturated carbocycles. The highest BCUT2D eigenvalue weighted by atomic mass is 35.5. The van der Waals surface area contributed by atoms with Gasteiger partial charge in [-0.1, -0.05) is 17.7 Å². The smallest absolute Gasteiger partial charge is 0.238 e. The number of aryl methyl sites for hydroxylation is 1. The van der Waals surface area contributed by atoms with E-state index in [1.165, 1.54) is 5.56 Å². The third kappa shape index (κ3) is 4.80. The molecule has 2 aromatic carbocycles. The Morgan fingerprint density at radius 3 is 2.60 bits per heavy atom. The molecule has 8 heteroatoms. The largest absolute Gasteiger partial charge is 0.495 e. The molecule has 2 aromatic rings. The molecule has 2 aliphatic rings. The van der Waals surface area contributed by atoms with E-state index in [0.717, 1.165) is 49.8 Å². The van der Waals surface area contributed by atoms with Crippen LogP contribution in [0, 0.1) is 6.92 Å². The van der Waals surface area contributed by atoms with E-state index in [9.17, 15) is 4.79 Å². The molecule has 2 heterocycles. The Balaban J connectivity index is 1.26. The van der Waals surface area contributed by atoms with Crippen LogP contribution in [0.2, 0.25) is 5.02 Å².